The first kappa shape index (κ1) is 12.4. The van der Waals surface area contributed by atoms with Gasteiger partial charge in [0.1, 0.15) is 17.5 Å². The van der Waals surface area contributed by atoms with Crippen LogP contribution in [0.4, 0.5) is 14.6 Å². The van der Waals surface area contributed by atoms with Gasteiger partial charge in [-0.1, -0.05) is 0 Å². The van der Waals surface area contributed by atoms with Crippen LogP contribution in [-0.2, 0) is 0 Å². The van der Waals surface area contributed by atoms with E-state index < -0.39 is 17.5 Å². The van der Waals surface area contributed by atoms with Gasteiger partial charge in [-0.2, -0.15) is 0 Å². The first-order chi connectivity index (χ1) is 8.56. The van der Waals surface area contributed by atoms with Crippen molar-refractivity contribution in [2.75, 3.05) is 5.32 Å². The fourth-order valence-electron chi connectivity index (χ4n) is 1.26. The molecule has 1 heterocycles. The Kier molecular flexibility index (Phi) is 3.47. The van der Waals surface area contributed by atoms with Gasteiger partial charge in [-0.05, 0) is 29.8 Å². The summed E-state index contributed by atoms with van der Waals surface area (Å²) in [4.78, 5) is 19.0. The van der Waals surface area contributed by atoms with E-state index in [0.29, 0.717) is 6.07 Å². The number of halogens is 3. The second-order valence-electron chi connectivity index (χ2n) is 3.29. The summed E-state index contributed by atoms with van der Waals surface area (Å²) in [5.41, 5.74) is -0.286. The van der Waals surface area contributed by atoms with Gasteiger partial charge in [-0.15, -0.1) is 0 Å². The maximum Gasteiger partial charge on any atom is 0.259 e. The lowest BCUT2D eigenvalue weighted by Crippen LogP contribution is -2.15. The minimum absolute atomic E-state index is 0.0487. The Morgan fingerprint density at radius 2 is 2.06 bits per heavy atom. The van der Waals surface area contributed by atoms with Crippen molar-refractivity contribution in [3.8, 4) is 0 Å². The van der Waals surface area contributed by atoms with E-state index in [4.69, 9.17) is 11.6 Å². The van der Waals surface area contributed by atoms with Crippen molar-refractivity contribution in [3.63, 3.8) is 0 Å². The van der Waals surface area contributed by atoms with Crippen molar-refractivity contribution >= 4 is 23.3 Å². The quantitative estimate of drug-likeness (QED) is 0.853. The van der Waals surface area contributed by atoms with Crippen LogP contribution in [0.5, 0.6) is 0 Å². The summed E-state index contributed by atoms with van der Waals surface area (Å²) in [5.74, 6) is -2.33. The van der Waals surface area contributed by atoms with Crippen molar-refractivity contribution in [3.05, 3.63) is 52.9 Å². The minimum Gasteiger partial charge on any atom is -0.306 e. The molecule has 92 valence electrons. The van der Waals surface area contributed by atoms with Gasteiger partial charge >= 0.3 is 0 Å². The minimum atomic E-state index is -0.951. The third-order valence-electron chi connectivity index (χ3n) is 2.04. The highest BCUT2D eigenvalue weighted by Gasteiger charge is 2.13. The highest BCUT2D eigenvalue weighted by Crippen LogP contribution is 2.12. The molecule has 2 aromatic rings. The third-order valence-corrected chi connectivity index (χ3v) is 2.23. The first-order valence-corrected chi connectivity index (χ1v) is 5.19. The van der Waals surface area contributed by atoms with E-state index in [0.717, 1.165) is 12.1 Å². The Balaban J connectivity index is 2.22. The van der Waals surface area contributed by atoms with E-state index >= 15 is 0 Å². The van der Waals surface area contributed by atoms with Crippen LogP contribution in [0.15, 0.2) is 30.5 Å². The van der Waals surface area contributed by atoms with Gasteiger partial charge in [-0.3, -0.25) is 4.79 Å². The Labute approximate surface area is 106 Å². The molecule has 0 unspecified atom stereocenters. The van der Waals surface area contributed by atoms with Gasteiger partial charge in [0.25, 0.3) is 5.91 Å². The lowest BCUT2D eigenvalue weighted by Gasteiger charge is -2.05. The maximum atomic E-state index is 13.3. The molecule has 0 aliphatic heterocycles. The van der Waals surface area contributed by atoms with Crippen LogP contribution in [0.3, 0.4) is 0 Å². The second kappa shape index (κ2) is 5.05. The molecule has 0 bridgehead atoms. The number of benzene rings is 1. The average molecular weight is 270 g/mol. The molecule has 1 amide bonds. The van der Waals surface area contributed by atoms with E-state index in [1.807, 2.05) is 0 Å². The van der Waals surface area contributed by atoms with E-state index in [-0.39, 0.29) is 16.7 Å². The molecule has 0 radical (unpaired) electrons. The summed E-state index contributed by atoms with van der Waals surface area (Å²) >= 11 is 5.53. The molecule has 0 atom stereocenters. The van der Waals surface area contributed by atoms with Crippen molar-refractivity contribution < 1.29 is 13.6 Å². The van der Waals surface area contributed by atoms with Gasteiger partial charge in [-0.25, -0.2) is 18.7 Å². The fourth-order valence-corrected chi connectivity index (χ4v) is 1.41. The Morgan fingerprint density at radius 3 is 2.72 bits per heavy atom. The highest BCUT2D eigenvalue weighted by atomic mass is 35.5. The summed E-state index contributed by atoms with van der Waals surface area (Å²) in [7, 11) is 0. The molecule has 1 N–H and O–H groups in total. The van der Waals surface area contributed by atoms with Crippen LogP contribution in [0.2, 0.25) is 5.28 Å². The van der Waals surface area contributed by atoms with Crippen molar-refractivity contribution in [1.29, 1.82) is 0 Å². The summed E-state index contributed by atoms with van der Waals surface area (Å²) in [6, 6.07) is 4.06. The Morgan fingerprint density at radius 1 is 1.28 bits per heavy atom. The van der Waals surface area contributed by atoms with Crippen molar-refractivity contribution in [2.24, 2.45) is 0 Å². The molecule has 0 saturated carbocycles. The molecule has 0 saturated heterocycles. The van der Waals surface area contributed by atoms with Crippen LogP contribution in [-0.4, -0.2) is 15.9 Å². The van der Waals surface area contributed by atoms with Crippen LogP contribution in [0, 0.1) is 11.6 Å². The number of amides is 1. The monoisotopic (exact) mass is 269 g/mol. The Hall–Kier alpha value is -2.08. The molecule has 0 spiro atoms. The number of nitrogens with zero attached hydrogens (tertiary/aromatic N) is 2. The van der Waals surface area contributed by atoms with Gasteiger partial charge < -0.3 is 5.32 Å². The normalized spacial score (nSPS) is 10.2. The topological polar surface area (TPSA) is 54.9 Å². The molecular formula is C11H6ClF2N3O. The standard InChI is InChI=1S/C11H6ClF2N3O/c12-11-15-4-3-9(17-11)16-10(18)7-2-1-6(13)5-8(7)14/h1-5H,(H,15,16,17,18). The molecule has 0 aliphatic carbocycles. The summed E-state index contributed by atoms with van der Waals surface area (Å²) in [6.07, 6.45) is 1.34. The van der Waals surface area contributed by atoms with Gasteiger partial charge in [0.05, 0.1) is 5.56 Å². The van der Waals surface area contributed by atoms with Gasteiger partial charge in [0, 0.05) is 12.3 Å². The summed E-state index contributed by atoms with van der Waals surface area (Å²) < 4.78 is 26.0. The number of carbonyl (C=O) groups is 1. The van der Waals surface area contributed by atoms with E-state index in [1.54, 1.807) is 0 Å². The number of carbonyl (C=O) groups excluding carboxylic acids is 1. The zero-order valence-corrected chi connectivity index (χ0v) is 9.58. The third kappa shape index (κ3) is 2.78. The largest absolute Gasteiger partial charge is 0.306 e. The van der Waals surface area contributed by atoms with E-state index in [9.17, 15) is 13.6 Å². The van der Waals surface area contributed by atoms with Gasteiger partial charge in [0.2, 0.25) is 5.28 Å². The predicted octanol–water partition coefficient (Wildman–Crippen LogP) is 2.66. The lowest BCUT2D eigenvalue weighted by molar-refractivity contribution is 0.102. The van der Waals surface area contributed by atoms with Crippen LogP contribution >= 0.6 is 11.6 Å². The van der Waals surface area contributed by atoms with E-state index in [1.165, 1.54) is 12.3 Å². The van der Waals surface area contributed by atoms with Crippen molar-refractivity contribution in [1.82, 2.24) is 9.97 Å². The van der Waals surface area contributed by atoms with Crippen LogP contribution < -0.4 is 5.32 Å². The lowest BCUT2D eigenvalue weighted by atomic mass is 10.2. The molecule has 1 aromatic heterocycles. The maximum absolute atomic E-state index is 13.3. The van der Waals surface area contributed by atoms with Gasteiger partial charge in [0.15, 0.2) is 0 Å². The molecule has 0 fully saturated rings. The number of rotatable bonds is 2. The molecule has 0 aliphatic rings. The fraction of sp³-hybridized carbons (Fsp3) is 0. The second-order valence-corrected chi connectivity index (χ2v) is 3.63. The number of aromatic nitrogens is 2. The Bertz CT molecular complexity index is 607. The summed E-state index contributed by atoms with van der Waals surface area (Å²) in [5, 5.41) is 2.27. The molecule has 1 aromatic carbocycles. The molecule has 4 nitrogen and oxygen atoms in total. The van der Waals surface area contributed by atoms with Crippen LogP contribution in [0.25, 0.3) is 0 Å². The predicted molar refractivity (Wildman–Crippen MR) is 61.4 cm³/mol. The first-order valence-electron chi connectivity index (χ1n) is 4.81. The number of hydrogen-bond acceptors (Lipinski definition) is 3. The molecule has 2 rings (SSSR count). The average Bonchev–Trinajstić information content (AvgIpc) is 2.28. The smallest absolute Gasteiger partial charge is 0.259 e. The molecular weight excluding hydrogens is 264 g/mol. The number of nitrogens with one attached hydrogen (secondary N) is 1. The zero-order chi connectivity index (χ0) is 13.1. The summed E-state index contributed by atoms with van der Waals surface area (Å²) in [6.45, 7) is 0. The van der Waals surface area contributed by atoms with E-state index in [2.05, 4.69) is 15.3 Å². The zero-order valence-electron chi connectivity index (χ0n) is 8.82. The molecule has 7 heteroatoms. The van der Waals surface area contributed by atoms with Crippen molar-refractivity contribution in [2.45, 2.75) is 0 Å². The highest BCUT2D eigenvalue weighted by molar-refractivity contribution is 6.28. The number of hydrogen-bond donors (Lipinski definition) is 1. The molecule has 18 heavy (non-hydrogen) atoms. The number of anilines is 1. The SMILES string of the molecule is O=C(Nc1ccnc(Cl)n1)c1ccc(F)cc1F. The van der Waals surface area contributed by atoms with Crippen LogP contribution in [0.1, 0.15) is 10.4 Å².